The van der Waals surface area contributed by atoms with Gasteiger partial charge in [-0.15, -0.1) is 0 Å². The van der Waals surface area contributed by atoms with E-state index in [0.29, 0.717) is 18.7 Å². The molecular formula is C30H36N2O3. The summed E-state index contributed by atoms with van der Waals surface area (Å²) in [5.41, 5.74) is 3.71. The molecule has 0 fully saturated rings. The Morgan fingerprint density at radius 1 is 0.857 bits per heavy atom. The number of benzene rings is 3. The molecule has 0 bridgehead atoms. The maximum atomic E-state index is 13.6. The summed E-state index contributed by atoms with van der Waals surface area (Å²) in [6.07, 6.45) is 0.408. The van der Waals surface area contributed by atoms with Gasteiger partial charge in [0.05, 0.1) is 0 Å². The van der Waals surface area contributed by atoms with Crippen molar-refractivity contribution in [1.29, 1.82) is 0 Å². The van der Waals surface area contributed by atoms with Crippen molar-refractivity contribution in [1.82, 2.24) is 10.2 Å². The average Bonchev–Trinajstić information content (AvgIpc) is 2.80. The van der Waals surface area contributed by atoms with Gasteiger partial charge in [0, 0.05) is 18.5 Å². The topological polar surface area (TPSA) is 58.6 Å². The summed E-state index contributed by atoms with van der Waals surface area (Å²) in [6, 6.07) is 24.7. The third kappa shape index (κ3) is 8.29. The zero-order valence-corrected chi connectivity index (χ0v) is 21.4. The number of amides is 2. The van der Waals surface area contributed by atoms with E-state index in [9.17, 15) is 9.59 Å². The van der Waals surface area contributed by atoms with Crippen molar-refractivity contribution in [3.05, 3.63) is 101 Å². The third-order valence-electron chi connectivity index (χ3n) is 5.59. The number of hydrogen-bond donors (Lipinski definition) is 1. The Morgan fingerprint density at radius 2 is 1.54 bits per heavy atom. The van der Waals surface area contributed by atoms with E-state index in [-0.39, 0.29) is 18.4 Å². The minimum atomic E-state index is -0.688. The van der Waals surface area contributed by atoms with E-state index in [1.807, 2.05) is 113 Å². The first kappa shape index (κ1) is 26.0. The highest BCUT2D eigenvalue weighted by Crippen LogP contribution is 2.18. The van der Waals surface area contributed by atoms with Crippen LogP contribution < -0.4 is 10.1 Å². The first-order valence-corrected chi connectivity index (χ1v) is 12.0. The summed E-state index contributed by atoms with van der Waals surface area (Å²) in [6.45, 7) is 9.99. The lowest BCUT2D eigenvalue weighted by Gasteiger charge is -2.33. The van der Waals surface area contributed by atoms with Gasteiger partial charge in [-0.3, -0.25) is 9.59 Å². The Hall–Kier alpha value is -3.60. The highest BCUT2D eigenvalue weighted by Gasteiger charge is 2.32. The molecule has 0 aliphatic rings. The van der Waals surface area contributed by atoms with Gasteiger partial charge >= 0.3 is 0 Å². The molecule has 3 aromatic rings. The molecule has 184 valence electrons. The molecule has 3 rings (SSSR count). The van der Waals surface area contributed by atoms with Crippen LogP contribution in [0.3, 0.4) is 0 Å². The monoisotopic (exact) mass is 472 g/mol. The Balaban J connectivity index is 1.92. The smallest absolute Gasteiger partial charge is 0.261 e. The minimum absolute atomic E-state index is 0.149. The van der Waals surface area contributed by atoms with Gasteiger partial charge in [0.15, 0.2) is 6.61 Å². The molecule has 3 aromatic carbocycles. The highest BCUT2D eigenvalue weighted by atomic mass is 16.5. The zero-order chi connectivity index (χ0) is 25.4. The number of carbonyl (C=O) groups is 2. The largest absolute Gasteiger partial charge is 0.484 e. The minimum Gasteiger partial charge on any atom is -0.484 e. The third-order valence-corrected chi connectivity index (χ3v) is 5.59. The average molecular weight is 473 g/mol. The van der Waals surface area contributed by atoms with Crippen LogP contribution in [0, 0.1) is 13.8 Å². The molecule has 0 aliphatic carbocycles. The number of ether oxygens (including phenoxy) is 1. The predicted molar refractivity (Wildman–Crippen MR) is 140 cm³/mol. The summed E-state index contributed by atoms with van der Waals surface area (Å²) in [7, 11) is 0. The summed E-state index contributed by atoms with van der Waals surface area (Å²) in [4.78, 5) is 28.8. The van der Waals surface area contributed by atoms with Crippen LogP contribution in [0.15, 0.2) is 78.9 Å². The lowest BCUT2D eigenvalue weighted by molar-refractivity contribution is -0.143. The molecule has 1 N–H and O–H groups in total. The van der Waals surface area contributed by atoms with Crippen molar-refractivity contribution in [2.24, 2.45) is 0 Å². The number of nitrogens with one attached hydrogen (secondary N) is 1. The van der Waals surface area contributed by atoms with Crippen molar-refractivity contribution in [2.45, 2.75) is 59.2 Å². The van der Waals surface area contributed by atoms with Gasteiger partial charge in [0.2, 0.25) is 5.91 Å². The van der Waals surface area contributed by atoms with E-state index in [0.717, 1.165) is 22.3 Å². The van der Waals surface area contributed by atoms with Crippen LogP contribution >= 0.6 is 0 Å². The van der Waals surface area contributed by atoms with Crippen LogP contribution in [0.25, 0.3) is 0 Å². The molecule has 0 aromatic heterocycles. The molecule has 35 heavy (non-hydrogen) atoms. The molecule has 0 aliphatic heterocycles. The second kappa shape index (κ2) is 11.7. The molecule has 1 atom stereocenters. The Labute approximate surface area is 209 Å². The van der Waals surface area contributed by atoms with Crippen LogP contribution in [-0.4, -0.2) is 34.9 Å². The van der Waals surface area contributed by atoms with Gasteiger partial charge < -0.3 is 15.0 Å². The van der Waals surface area contributed by atoms with Gasteiger partial charge in [0.25, 0.3) is 5.91 Å². The first-order chi connectivity index (χ1) is 16.6. The SMILES string of the molecule is Cc1ccc(CN(C(=O)COc2cccc(C)c2)[C@H](Cc2ccccc2)C(=O)NC(C)(C)C)cc1. The maximum Gasteiger partial charge on any atom is 0.261 e. The first-order valence-electron chi connectivity index (χ1n) is 12.0. The molecular weight excluding hydrogens is 436 g/mol. The summed E-state index contributed by atoms with van der Waals surface area (Å²) >= 11 is 0. The molecule has 0 saturated carbocycles. The predicted octanol–water partition coefficient (Wildman–Crippen LogP) is 5.24. The lowest BCUT2D eigenvalue weighted by atomic mass is 10.0. The van der Waals surface area contributed by atoms with E-state index in [2.05, 4.69) is 5.32 Å². The number of aryl methyl sites for hydroxylation is 2. The highest BCUT2D eigenvalue weighted by molar-refractivity contribution is 5.89. The van der Waals surface area contributed by atoms with Crippen molar-refractivity contribution in [3.63, 3.8) is 0 Å². The summed E-state index contributed by atoms with van der Waals surface area (Å²) in [5, 5.41) is 3.08. The fourth-order valence-corrected chi connectivity index (χ4v) is 3.83. The fraction of sp³-hybridized carbons (Fsp3) is 0.333. The molecule has 0 heterocycles. The van der Waals surface area contributed by atoms with Gasteiger partial charge in [0.1, 0.15) is 11.8 Å². The molecule has 0 radical (unpaired) electrons. The van der Waals surface area contributed by atoms with Crippen LogP contribution in [-0.2, 0) is 22.6 Å². The van der Waals surface area contributed by atoms with Crippen LogP contribution in [0.1, 0.15) is 43.0 Å². The quantitative estimate of drug-likeness (QED) is 0.464. The van der Waals surface area contributed by atoms with Gasteiger partial charge in [-0.25, -0.2) is 0 Å². The van der Waals surface area contributed by atoms with Crippen LogP contribution in [0.5, 0.6) is 5.75 Å². The maximum absolute atomic E-state index is 13.6. The molecule has 5 heteroatoms. The van der Waals surface area contributed by atoms with E-state index in [1.165, 1.54) is 0 Å². The second-order valence-electron chi connectivity index (χ2n) is 10.1. The second-order valence-corrected chi connectivity index (χ2v) is 10.1. The number of nitrogens with zero attached hydrogens (tertiary/aromatic N) is 1. The number of hydrogen-bond acceptors (Lipinski definition) is 3. The van der Waals surface area contributed by atoms with Crippen LogP contribution in [0.2, 0.25) is 0 Å². The van der Waals surface area contributed by atoms with Crippen molar-refractivity contribution in [3.8, 4) is 5.75 Å². The van der Waals surface area contributed by atoms with Crippen LogP contribution in [0.4, 0.5) is 0 Å². The molecule has 5 nitrogen and oxygen atoms in total. The normalized spacial score (nSPS) is 12.0. The molecule has 0 saturated heterocycles. The van der Waals surface area contributed by atoms with Crippen molar-refractivity contribution < 1.29 is 14.3 Å². The van der Waals surface area contributed by atoms with Crippen molar-refractivity contribution in [2.75, 3.05) is 6.61 Å². The van der Waals surface area contributed by atoms with Gasteiger partial charge in [-0.2, -0.15) is 0 Å². The molecule has 0 spiro atoms. The number of carbonyl (C=O) groups excluding carboxylic acids is 2. The van der Waals surface area contributed by atoms with E-state index >= 15 is 0 Å². The summed E-state index contributed by atoms with van der Waals surface area (Å²) in [5.74, 6) is 0.210. The Bertz CT molecular complexity index is 1120. The van der Waals surface area contributed by atoms with E-state index in [4.69, 9.17) is 4.74 Å². The Kier molecular flexibility index (Phi) is 8.69. The van der Waals surface area contributed by atoms with Gasteiger partial charge in [-0.05, 0) is 63.4 Å². The molecule has 0 unspecified atom stereocenters. The summed E-state index contributed by atoms with van der Waals surface area (Å²) < 4.78 is 5.84. The lowest BCUT2D eigenvalue weighted by Crippen LogP contribution is -2.55. The van der Waals surface area contributed by atoms with E-state index in [1.54, 1.807) is 4.90 Å². The zero-order valence-electron chi connectivity index (χ0n) is 21.4. The number of rotatable bonds is 9. The van der Waals surface area contributed by atoms with Gasteiger partial charge in [-0.1, -0.05) is 72.3 Å². The fourth-order valence-electron chi connectivity index (χ4n) is 3.83. The molecule has 2 amide bonds. The Morgan fingerprint density at radius 3 is 2.17 bits per heavy atom. The standard InChI is InChI=1S/C30H36N2O3/c1-22-14-16-25(17-15-22)20-32(28(33)21-35-26-13-9-10-23(2)18-26)27(29(34)31-30(3,4)5)19-24-11-7-6-8-12-24/h6-18,27H,19-21H2,1-5H3,(H,31,34)/t27-/m1/s1. The van der Waals surface area contributed by atoms with Crippen molar-refractivity contribution >= 4 is 11.8 Å². The van der Waals surface area contributed by atoms with E-state index < -0.39 is 11.6 Å².